The van der Waals surface area contributed by atoms with Gasteiger partial charge in [-0.15, -0.1) is 0 Å². The molecule has 0 N–H and O–H groups in total. The lowest BCUT2D eigenvalue weighted by Gasteiger charge is -2.13. The minimum Gasteiger partial charge on any atom is -0.201 e. The second-order valence-electron chi connectivity index (χ2n) is 20.1. The Balaban J connectivity index is 0.900. The summed E-state index contributed by atoms with van der Waals surface area (Å²) < 4.78 is 18.3. The van der Waals surface area contributed by atoms with Crippen LogP contribution in [0.4, 0.5) is 0 Å². The molecule has 3 aromatic carbocycles. The van der Waals surface area contributed by atoms with E-state index in [1.807, 2.05) is 0 Å². The van der Waals surface area contributed by atoms with Crippen molar-refractivity contribution in [2.24, 2.45) is 0 Å². The van der Waals surface area contributed by atoms with Gasteiger partial charge in [0.2, 0.25) is 0 Å². The summed E-state index contributed by atoms with van der Waals surface area (Å²) in [5, 5.41) is 0. The maximum atomic E-state index is 2.48. The Kier molecular flexibility index (Phi) is 12.0. The molecule has 8 aromatic heterocycles. The van der Waals surface area contributed by atoms with E-state index < -0.39 is 0 Å². The molecule has 40 heterocycles. The lowest BCUT2D eigenvalue weighted by atomic mass is 9.96. The molecule has 0 radical (unpaired) electrons. The van der Waals surface area contributed by atoms with Gasteiger partial charge in [-0.3, -0.25) is 0 Å². The van der Waals surface area contributed by atoms with E-state index >= 15 is 0 Å². The Hall–Kier alpha value is -9.14. The summed E-state index contributed by atoms with van der Waals surface area (Å²) in [7, 11) is 0. The van der Waals surface area contributed by atoms with Crippen LogP contribution in [0.15, 0.2) is 257 Å². The zero-order valence-corrected chi connectivity index (χ0v) is 41.5. The van der Waals surface area contributed by atoms with Crippen molar-refractivity contribution in [1.82, 2.24) is 0 Å². The molecule has 24 bridgehead atoms. The maximum absolute atomic E-state index is 2.48. The molecule has 0 amide bonds. The van der Waals surface area contributed by atoms with Gasteiger partial charge in [0.1, 0.15) is 0 Å². The first-order chi connectivity index (χ1) is 36.5. The Bertz CT molecular complexity index is 3230. The first kappa shape index (κ1) is 44.8. The Labute approximate surface area is 432 Å². The summed E-state index contributed by atoms with van der Waals surface area (Å²) in [5.74, 6) is 0. The molecule has 74 heavy (non-hydrogen) atoms. The summed E-state index contributed by atoms with van der Waals surface area (Å²) in [6, 6.07) is 58.8. The van der Waals surface area contributed by atoms with Gasteiger partial charge in [-0.2, -0.15) is 0 Å². The first-order valence-electron chi connectivity index (χ1n) is 25.7. The average Bonchev–Trinajstić information content (AvgIpc) is 3.45. The van der Waals surface area contributed by atoms with Crippen molar-refractivity contribution in [3.63, 3.8) is 0 Å². The van der Waals surface area contributed by atoms with E-state index in [4.69, 9.17) is 0 Å². The number of nitrogens with zero attached hydrogens (tertiary/aromatic N) is 8. The van der Waals surface area contributed by atoms with Gasteiger partial charge in [-0.1, -0.05) is 48.5 Å². The van der Waals surface area contributed by atoms with Crippen molar-refractivity contribution in [3.05, 3.63) is 301 Å². The van der Waals surface area contributed by atoms with Crippen molar-refractivity contribution < 1.29 is 36.5 Å². The van der Waals surface area contributed by atoms with Crippen molar-refractivity contribution >= 4 is 0 Å². The molecule has 0 atom stereocenters. The maximum Gasteiger partial charge on any atom is 0.174 e. The molecule has 8 nitrogen and oxygen atoms in total. The number of hydrogen-bond acceptors (Lipinski definition) is 0. The van der Waals surface area contributed by atoms with E-state index in [9.17, 15) is 0 Å². The van der Waals surface area contributed by atoms with Crippen LogP contribution in [0.25, 0.3) is 44.5 Å². The third kappa shape index (κ3) is 10.0. The number of benzene rings is 3. The highest BCUT2D eigenvalue weighted by Crippen LogP contribution is 2.23. The van der Waals surface area contributed by atoms with Crippen LogP contribution in [0, 0.1) is 0 Å². The van der Waals surface area contributed by atoms with Crippen LogP contribution < -0.4 is 36.5 Å². The fourth-order valence-corrected chi connectivity index (χ4v) is 10.6. The highest BCUT2D eigenvalue weighted by Gasteiger charge is 2.22. The van der Waals surface area contributed by atoms with Crippen LogP contribution in [-0.4, -0.2) is 0 Å². The number of aromatic nitrogens is 8. The minimum absolute atomic E-state index is 0.736. The van der Waals surface area contributed by atoms with E-state index in [1.165, 1.54) is 89.0 Å². The number of pyridine rings is 8. The zero-order chi connectivity index (χ0) is 49.2. The normalized spacial score (nSPS) is 13.0. The minimum atomic E-state index is 0.736. The van der Waals surface area contributed by atoms with Gasteiger partial charge in [0.25, 0.3) is 0 Å². The van der Waals surface area contributed by atoms with E-state index in [0.29, 0.717) is 0 Å². The van der Waals surface area contributed by atoms with Gasteiger partial charge in [0, 0.05) is 142 Å². The summed E-state index contributed by atoms with van der Waals surface area (Å²) >= 11 is 0. The third-order valence-corrected chi connectivity index (χ3v) is 14.9. The largest absolute Gasteiger partial charge is 0.201 e. The lowest BCUT2D eigenvalue weighted by molar-refractivity contribution is -0.695. The summed E-state index contributed by atoms with van der Waals surface area (Å²) in [6.07, 6.45) is 35.4. The summed E-state index contributed by atoms with van der Waals surface area (Å²) in [5.41, 5.74) is 19.9. The zero-order valence-electron chi connectivity index (χ0n) is 41.5. The van der Waals surface area contributed by atoms with Gasteiger partial charge in [-0.05, 0) is 56.6 Å². The smallest absolute Gasteiger partial charge is 0.174 e. The van der Waals surface area contributed by atoms with Crippen molar-refractivity contribution in [3.8, 4) is 44.5 Å². The van der Waals surface area contributed by atoms with Gasteiger partial charge in [0.15, 0.2) is 152 Å². The highest BCUT2D eigenvalue weighted by molar-refractivity contribution is 5.63. The molecule has 43 rings (SSSR count). The molecule has 8 heteroatoms. The molecule has 354 valence electrons. The Morgan fingerprint density at radius 2 is 0.297 bits per heavy atom. The van der Waals surface area contributed by atoms with E-state index in [2.05, 4.69) is 293 Å². The molecule has 0 fully saturated rings. The molecule has 32 aliphatic rings. The van der Waals surface area contributed by atoms with E-state index in [1.54, 1.807) is 0 Å². The van der Waals surface area contributed by atoms with Crippen molar-refractivity contribution in [2.75, 3.05) is 0 Å². The number of hydrogen-bond donors (Lipinski definition) is 0. The van der Waals surface area contributed by atoms with Crippen molar-refractivity contribution in [1.29, 1.82) is 0 Å². The van der Waals surface area contributed by atoms with Crippen LogP contribution in [-0.2, 0) is 52.4 Å². The molecule has 0 unspecified atom stereocenters. The molecule has 0 saturated carbocycles. The number of rotatable bonds is 0. The molecule has 11 aromatic rings. The van der Waals surface area contributed by atoms with Gasteiger partial charge >= 0.3 is 0 Å². The highest BCUT2D eigenvalue weighted by atomic mass is 15.0. The van der Waals surface area contributed by atoms with Gasteiger partial charge < -0.3 is 0 Å². The molecular weight excluding hydrogens is 905 g/mol. The van der Waals surface area contributed by atoms with Crippen LogP contribution in [0.5, 0.6) is 0 Å². The Morgan fingerprint density at radius 3 is 0.446 bits per heavy atom. The molecule has 0 spiro atoms. The summed E-state index contributed by atoms with van der Waals surface area (Å²) in [4.78, 5) is 0. The monoisotopic (exact) mass is 962 g/mol. The predicted octanol–water partition coefficient (Wildman–Crippen LogP) is 7.67. The van der Waals surface area contributed by atoms with Crippen LogP contribution in [0.2, 0.25) is 0 Å². The van der Waals surface area contributed by atoms with E-state index in [0.717, 1.165) is 52.4 Å². The lowest BCUT2D eigenvalue weighted by Crippen LogP contribution is -2.39. The van der Waals surface area contributed by atoms with E-state index in [-0.39, 0.29) is 0 Å². The predicted molar refractivity (Wildman–Crippen MR) is 281 cm³/mol. The summed E-state index contributed by atoms with van der Waals surface area (Å²) in [6.45, 7) is 6.22. The molecule has 0 saturated heterocycles. The second kappa shape index (κ2) is 19.8. The Morgan fingerprint density at radius 1 is 0.162 bits per heavy atom. The third-order valence-electron chi connectivity index (χ3n) is 14.9. The van der Waals surface area contributed by atoms with Crippen molar-refractivity contribution in [2.45, 2.75) is 52.4 Å². The fourth-order valence-electron chi connectivity index (χ4n) is 10.6. The SMILES string of the molecule is c1cc2ccc1C[n+]1ccc(cc1)-c1cc[n+](cc1)Cc1cc3c(cc1C[n+]1ccc(cc1)-c1cc[n+](cc1)Cc1ccc(cc1)C[n+]1ccc(cc1)-c1cc[n+](cc1)C3)C[n+]1ccc(cc1)-c1cc[n+](cc1)C2. The van der Waals surface area contributed by atoms with Crippen LogP contribution >= 0.6 is 0 Å². The van der Waals surface area contributed by atoms with Gasteiger partial charge in [0.05, 0.1) is 0 Å². The molecule has 32 aliphatic heterocycles. The van der Waals surface area contributed by atoms with Crippen LogP contribution in [0.3, 0.4) is 0 Å². The quantitative estimate of drug-likeness (QED) is 0.140. The average molecular weight is 963 g/mol. The standard InChI is InChI=1S/C66H58N8/c1-2-52-4-3-51(1)43-67-25-9-55(10-26-67)59-17-33-71(34-18-59)47-63-41-66-50-74-39-23-62(24-40-74)58-15-31-70(32-16-58)46-54-7-5-53(6-8-54)45-69-29-13-57(14-30-69)61-21-37-73(38-22-61)49-65(63)42-64(66)48-72-35-19-60(20-36-72)56-11-27-68(44-52)28-12-56/h1-42H,43-50H2/q+8. The topological polar surface area (TPSA) is 31.0 Å². The molecular formula is C66H58N8+8. The molecule has 0 aliphatic carbocycles. The van der Waals surface area contributed by atoms with Gasteiger partial charge in [-0.25, -0.2) is 36.5 Å². The fraction of sp³-hybridized carbons (Fsp3) is 0.121. The van der Waals surface area contributed by atoms with Crippen LogP contribution in [0.1, 0.15) is 44.5 Å². The first-order valence-corrected chi connectivity index (χ1v) is 25.7. The second-order valence-corrected chi connectivity index (χ2v) is 20.1.